The van der Waals surface area contributed by atoms with Gasteiger partial charge in [-0.1, -0.05) is 85.9 Å². The van der Waals surface area contributed by atoms with Crippen molar-refractivity contribution >= 4 is 17.9 Å². The summed E-state index contributed by atoms with van der Waals surface area (Å²) in [6.07, 6.45) is -0.560. The van der Waals surface area contributed by atoms with Gasteiger partial charge in [0, 0.05) is 12.0 Å². The molecule has 1 fully saturated rings. The summed E-state index contributed by atoms with van der Waals surface area (Å²) in [5.41, 5.74) is 1.21. The average molecular weight is 653 g/mol. The van der Waals surface area contributed by atoms with Crippen molar-refractivity contribution in [2.75, 3.05) is 19.8 Å². The van der Waals surface area contributed by atoms with Gasteiger partial charge in [-0.3, -0.25) is 0 Å². The Labute approximate surface area is 281 Å². The van der Waals surface area contributed by atoms with Crippen molar-refractivity contribution in [3.63, 3.8) is 0 Å². The van der Waals surface area contributed by atoms with E-state index in [1.165, 1.54) is 6.08 Å². The summed E-state index contributed by atoms with van der Waals surface area (Å²) in [4.78, 5) is 40.6. The average Bonchev–Trinajstić information content (AvgIpc) is 3.12. The molecule has 3 aromatic rings. The van der Waals surface area contributed by atoms with Gasteiger partial charge in [0.15, 0.2) is 12.2 Å². The molecule has 1 aliphatic rings. The number of rotatable bonds is 15. The molecule has 48 heavy (non-hydrogen) atoms. The number of benzene rings is 3. The van der Waals surface area contributed by atoms with Gasteiger partial charge in [0.1, 0.15) is 12.2 Å². The third-order valence-corrected chi connectivity index (χ3v) is 7.27. The number of carbonyl (C=O) groups is 3. The monoisotopic (exact) mass is 652 g/mol. The van der Waals surface area contributed by atoms with Crippen LogP contribution in [0.5, 0.6) is 0 Å². The van der Waals surface area contributed by atoms with Crippen molar-refractivity contribution in [1.29, 1.82) is 0 Å². The van der Waals surface area contributed by atoms with Gasteiger partial charge < -0.3 is 28.4 Å². The minimum atomic E-state index is -1.50. The van der Waals surface area contributed by atoms with E-state index in [4.69, 9.17) is 28.4 Å². The van der Waals surface area contributed by atoms with Gasteiger partial charge in [0.25, 0.3) is 0 Å². The van der Waals surface area contributed by atoms with Gasteiger partial charge in [-0.2, -0.15) is 0 Å². The molecule has 9 heteroatoms. The molecule has 0 N–H and O–H groups in total. The predicted molar refractivity (Wildman–Crippen MR) is 179 cm³/mol. The van der Waals surface area contributed by atoms with E-state index in [0.717, 1.165) is 12.8 Å². The number of esters is 3. The van der Waals surface area contributed by atoms with Gasteiger partial charge >= 0.3 is 17.9 Å². The molecule has 0 amide bonds. The number of hydrogen-bond donors (Lipinski definition) is 0. The highest BCUT2D eigenvalue weighted by atomic mass is 16.7. The minimum absolute atomic E-state index is 0.0134. The fourth-order valence-corrected chi connectivity index (χ4v) is 4.91. The van der Waals surface area contributed by atoms with Crippen LogP contribution in [0.2, 0.25) is 0 Å². The smallest absolute Gasteiger partial charge is 0.341 e. The first-order chi connectivity index (χ1) is 23.5. The lowest BCUT2D eigenvalue weighted by atomic mass is 9.97. The molecule has 250 valence electrons. The zero-order chi connectivity index (χ0) is 34.1. The molecule has 0 radical (unpaired) electrons. The molecule has 0 saturated carbocycles. The fourth-order valence-electron chi connectivity index (χ4n) is 4.91. The van der Waals surface area contributed by atoms with Crippen molar-refractivity contribution in [3.8, 4) is 11.8 Å². The maximum absolute atomic E-state index is 13.8. The van der Waals surface area contributed by atoms with E-state index < -0.39 is 48.6 Å². The van der Waals surface area contributed by atoms with Gasteiger partial charge in [0.05, 0.1) is 36.5 Å². The molecular formula is C39H40O9. The van der Waals surface area contributed by atoms with E-state index in [-0.39, 0.29) is 36.5 Å². The van der Waals surface area contributed by atoms with Crippen molar-refractivity contribution in [2.24, 2.45) is 0 Å². The third kappa shape index (κ3) is 9.99. The van der Waals surface area contributed by atoms with Crippen molar-refractivity contribution < 1.29 is 42.8 Å². The zero-order valence-electron chi connectivity index (χ0n) is 27.0. The quantitative estimate of drug-likeness (QED) is 0.0612. The van der Waals surface area contributed by atoms with Crippen molar-refractivity contribution in [3.05, 3.63) is 132 Å². The van der Waals surface area contributed by atoms with Gasteiger partial charge in [0.2, 0.25) is 6.29 Å². The molecular weight excluding hydrogens is 612 g/mol. The van der Waals surface area contributed by atoms with Crippen molar-refractivity contribution in [2.45, 2.75) is 56.9 Å². The number of carbonyl (C=O) groups excluding carboxylic acids is 3. The first kappa shape index (κ1) is 35.8. The molecule has 0 unspecified atom stereocenters. The van der Waals surface area contributed by atoms with Gasteiger partial charge in [-0.05, 0) is 42.8 Å². The summed E-state index contributed by atoms with van der Waals surface area (Å²) in [7, 11) is 0. The van der Waals surface area contributed by atoms with Crippen LogP contribution < -0.4 is 0 Å². The largest absolute Gasteiger partial charge is 0.453 e. The lowest BCUT2D eigenvalue weighted by Crippen LogP contribution is -2.63. The summed E-state index contributed by atoms with van der Waals surface area (Å²) in [6, 6.07) is 23.5. The summed E-state index contributed by atoms with van der Waals surface area (Å²) in [5.74, 6) is 4.01. The second kappa shape index (κ2) is 19.0. The van der Waals surface area contributed by atoms with E-state index in [0.29, 0.717) is 12.0 Å². The van der Waals surface area contributed by atoms with Crippen LogP contribution in [0.3, 0.4) is 0 Å². The predicted octanol–water partition coefficient (Wildman–Crippen LogP) is 6.34. The van der Waals surface area contributed by atoms with Crippen LogP contribution in [0.15, 0.2) is 110 Å². The maximum Gasteiger partial charge on any atom is 0.341 e. The van der Waals surface area contributed by atoms with Crippen LogP contribution in [0.4, 0.5) is 0 Å². The third-order valence-electron chi connectivity index (χ3n) is 7.27. The lowest BCUT2D eigenvalue weighted by molar-refractivity contribution is -0.291. The van der Waals surface area contributed by atoms with Crippen LogP contribution in [0, 0.1) is 11.8 Å². The Hall–Kier alpha value is -5.01. The standard InChI is InChI=1S/C39H40O9/c1-4-7-8-11-18-28-19-16-17-24-31(28)38(42)48-39-35(47-37(41)30-22-14-10-15-23-30)34(44-26-6-3)33(32(45-39)27-43-25-5-2)46-36(40)29-20-12-9-13-21-29/h5-6,9-10,12-17,19-24,32-35,39H,2-4,7-8,25-27H2,1H3/t32-,33-,34+,35-,39-/m1/s1. The Balaban J connectivity index is 1.73. The molecule has 0 aromatic heterocycles. The number of hydrogen-bond acceptors (Lipinski definition) is 9. The Morgan fingerprint density at radius 3 is 1.98 bits per heavy atom. The molecule has 9 nitrogen and oxygen atoms in total. The summed E-state index contributed by atoms with van der Waals surface area (Å²) >= 11 is 0. The Morgan fingerprint density at radius 1 is 0.750 bits per heavy atom. The van der Waals surface area contributed by atoms with Crippen molar-refractivity contribution in [1.82, 2.24) is 0 Å². The van der Waals surface area contributed by atoms with E-state index in [9.17, 15) is 14.4 Å². The van der Waals surface area contributed by atoms with Crippen LogP contribution in [-0.4, -0.2) is 68.4 Å². The van der Waals surface area contributed by atoms with Crippen LogP contribution in [0.1, 0.15) is 62.8 Å². The fraction of sp³-hybridized carbons (Fsp3) is 0.308. The van der Waals surface area contributed by atoms with Crippen LogP contribution in [-0.2, 0) is 28.4 Å². The number of unbranched alkanes of at least 4 members (excludes halogenated alkanes) is 2. The molecule has 3 aromatic carbocycles. The highest BCUT2D eigenvalue weighted by Gasteiger charge is 2.53. The first-order valence-corrected chi connectivity index (χ1v) is 15.8. The van der Waals surface area contributed by atoms with Crippen LogP contribution in [0.25, 0.3) is 0 Å². The maximum atomic E-state index is 13.8. The highest BCUT2D eigenvalue weighted by molar-refractivity contribution is 5.93. The Kier molecular flexibility index (Phi) is 14.2. The van der Waals surface area contributed by atoms with Gasteiger partial charge in [-0.25, -0.2) is 14.4 Å². The summed E-state index contributed by atoms with van der Waals surface area (Å²) in [6.45, 7) is 9.55. The molecule has 4 rings (SSSR count). The Morgan fingerprint density at radius 2 is 1.35 bits per heavy atom. The van der Waals surface area contributed by atoms with E-state index in [1.807, 2.05) is 0 Å². The SMILES string of the molecule is C=CCOC[C@H]1O[C@H](OC(=O)c2ccccc2C#CCCCC)[C@H](OC(=O)c2ccccc2)[C@@H](OCC=C)[C@@H]1OC(=O)c1ccccc1. The molecule has 0 bridgehead atoms. The highest BCUT2D eigenvalue weighted by Crippen LogP contribution is 2.31. The first-order valence-electron chi connectivity index (χ1n) is 15.8. The van der Waals surface area contributed by atoms with E-state index in [1.54, 1.807) is 91.0 Å². The lowest BCUT2D eigenvalue weighted by Gasteiger charge is -2.44. The molecule has 1 aliphatic heterocycles. The molecule has 5 atom stereocenters. The van der Waals surface area contributed by atoms with E-state index in [2.05, 4.69) is 31.9 Å². The normalized spacial score (nSPS) is 20.0. The molecule has 0 aliphatic carbocycles. The second-order valence-electron chi connectivity index (χ2n) is 10.8. The summed E-state index contributed by atoms with van der Waals surface area (Å²) < 4.78 is 36.1. The Bertz CT molecular complexity index is 1570. The topological polar surface area (TPSA) is 107 Å². The summed E-state index contributed by atoms with van der Waals surface area (Å²) in [5, 5.41) is 0. The number of ether oxygens (including phenoxy) is 6. The zero-order valence-corrected chi connectivity index (χ0v) is 27.0. The van der Waals surface area contributed by atoms with Crippen LogP contribution >= 0.6 is 0 Å². The molecule has 0 spiro atoms. The molecule has 1 heterocycles. The molecule has 1 saturated heterocycles. The van der Waals surface area contributed by atoms with Gasteiger partial charge in [-0.15, -0.1) is 13.2 Å². The minimum Gasteiger partial charge on any atom is -0.453 e. The van der Waals surface area contributed by atoms with E-state index >= 15 is 0 Å². The second-order valence-corrected chi connectivity index (χ2v) is 10.8.